The molecule has 1 aromatic carbocycles. The molecule has 29 heavy (non-hydrogen) atoms. The van der Waals surface area contributed by atoms with Crippen LogP contribution in [-0.4, -0.2) is 50.4 Å². The van der Waals surface area contributed by atoms with E-state index in [0.29, 0.717) is 24.3 Å². The summed E-state index contributed by atoms with van der Waals surface area (Å²) >= 11 is 0. The molecule has 1 atom stereocenters. The fraction of sp³-hybridized carbons (Fsp3) is 0.400. The summed E-state index contributed by atoms with van der Waals surface area (Å²) in [5.41, 5.74) is 1.22. The van der Waals surface area contributed by atoms with Crippen molar-refractivity contribution in [2.24, 2.45) is 0 Å². The Bertz CT molecular complexity index is 1030. The van der Waals surface area contributed by atoms with Gasteiger partial charge in [0.25, 0.3) is 5.91 Å². The van der Waals surface area contributed by atoms with Gasteiger partial charge in [-0.25, -0.2) is 4.39 Å². The van der Waals surface area contributed by atoms with Crippen molar-refractivity contribution in [1.82, 2.24) is 30.1 Å². The van der Waals surface area contributed by atoms with Crippen molar-refractivity contribution in [3.63, 3.8) is 0 Å². The maximum Gasteiger partial charge on any atom is 0.292 e. The van der Waals surface area contributed by atoms with Crippen molar-refractivity contribution in [2.45, 2.75) is 31.8 Å². The van der Waals surface area contributed by atoms with Gasteiger partial charge in [0, 0.05) is 43.7 Å². The Morgan fingerprint density at radius 1 is 1.21 bits per heavy atom. The highest BCUT2D eigenvalue weighted by molar-refractivity contribution is 5.92. The van der Waals surface area contributed by atoms with Crippen LogP contribution in [0.25, 0.3) is 11.3 Å². The zero-order chi connectivity index (χ0) is 19.8. The van der Waals surface area contributed by atoms with Crippen LogP contribution in [0.2, 0.25) is 0 Å². The van der Waals surface area contributed by atoms with Crippen LogP contribution in [0, 0.1) is 5.82 Å². The summed E-state index contributed by atoms with van der Waals surface area (Å²) < 4.78 is 20.6. The first kappa shape index (κ1) is 18.0. The molecule has 1 N–H and O–H groups in total. The van der Waals surface area contributed by atoms with Gasteiger partial charge in [-0.2, -0.15) is 0 Å². The van der Waals surface area contributed by atoms with E-state index in [1.165, 1.54) is 12.1 Å². The minimum absolute atomic E-state index is 0.159. The second-order valence-electron chi connectivity index (χ2n) is 7.48. The van der Waals surface area contributed by atoms with E-state index in [1.54, 1.807) is 23.1 Å². The van der Waals surface area contributed by atoms with Gasteiger partial charge < -0.3 is 19.3 Å². The van der Waals surface area contributed by atoms with Crippen LogP contribution in [-0.2, 0) is 13.1 Å². The summed E-state index contributed by atoms with van der Waals surface area (Å²) in [5.74, 6) is 1.76. The summed E-state index contributed by atoms with van der Waals surface area (Å²) in [4.78, 5) is 14.8. The molecular formula is C20H21FN6O2. The van der Waals surface area contributed by atoms with Crippen LogP contribution in [0.15, 0.2) is 34.9 Å². The lowest BCUT2D eigenvalue weighted by atomic mass is 9.96. The lowest BCUT2D eigenvalue weighted by Crippen LogP contribution is -2.40. The molecule has 2 aliphatic heterocycles. The average Bonchev–Trinajstić information content (AvgIpc) is 3.41. The highest BCUT2D eigenvalue weighted by atomic mass is 19.1. The summed E-state index contributed by atoms with van der Waals surface area (Å²) in [6, 6.07) is 7.55. The molecule has 150 valence electrons. The maximum absolute atomic E-state index is 13.1. The van der Waals surface area contributed by atoms with Crippen LogP contribution in [0.1, 0.15) is 41.0 Å². The maximum atomic E-state index is 13.1. The van der Waals surface area contributed by atoms with Gasteiger partial charge in [-0.3, -0.25) is 4.79 Å². The molecule has 0 spiro atoms. The summed E-state index contributed by atoms with van der Waals surface area (Å²) in [5, 5.41) is 16.0. The number of aromatic nitrogens is 4. The molecular weight excluding hydrogens is 375 g/mol. The van der Waals surface area contributed by atoms with Crippen molar-refractivity contribution < 1.29 is 13.7 Å². The van der Waals surface area contributed by atoms with E-state index in [-0.39, 0.29) is 23.4 Å². The molecule has 9 heteroatoms. The summed E-state index contributed by atoms with van der Waals surface area (Å²) in [6.45, 7) is 3.73. The smallest absolute Gasteiger partial charge is 0.292 e. The molecule has 1 fully saturated rings. The second kappa shape index (κ2) is 7.40. The minimum atomic E-state index is -0.320. The lowest BCUT2D eigenvalue weighted by molar-refractivity contribution is 0.0661. The quantitative estimate of drug-likeness (QED) is 0.730. The predicted molar refractivity (Wildman–Crippen MR) is 102 cm³/mol. The number of hydrogen-bond donors (Lipinski definition) is 1. The Morgan fingerprint density at radius 3 is 2.93 bits per heavy atom. The Hall–Kier alpha value is -3.07. The highest BCUT2D eigenvalue weighted by Gasteiger charge is 2.31. The van der Waals surface area contributed by atoms with E-state index in [0.717, 1.165) is 44.1 Å². The van der Waals surface area contributed by atoms with Gasteiger partial charge in [-0.05, 0) is 37.1 Å². The normalized spacial score (nSPS) is 19.2. The molecule has 4 heterocycles. The number of piperidine rings is 1. The predicted octanol–water partition coefficient (Wildman–Crippen LogP) is 2.20. The Labute approximate surface area is 166 Å². The van der Waals surface area contributed by atoms with Gasteiger partial charge in [0.2, 0.25) is 5.76 Å². The highest BCUT2D eigenvalue weighted by Crippen LogP contribution is 2.28. The van der Waals surface area contributed by atoms with Gasteiger partial charge in [0.15, 0.2) is 0 Å². The van der Waals surface area contributed by atoms with Gasteiger partial charge in [0.1, 0.15) is 23.2 Å². The van der Waals surface area contributed by atoms with Crippen LogP contribution in [0.3, 0.4) is 0 Å². The van der Waals surface area contributed by atoms with Crippen LogP contribution in [0.4, 0.5) is 4.39 Å². The molecule has 0 unspecified atom stereocenters. The van der Waals surface area contributed by atoms with Crippen molar-refractivity contribution >= 4 is 5.91 Å². The van der Waals surface area contributed by atoms with E-state index in [1.807, 2.05) is 0 Å². The first-order valence-electron chi connectivity index (χ1n) is 9.83. The van der Waals surface area contributed by atoms with Crippen LogP contribution in [0.5, 0.6) is 0 Å². The molecule has 1 amide bonds. The molecule has 1 saturated heterocycles. The lowest BCUT2D eigenvalue weighted by Gasteiger charge is -2.32. The van der Waals surface area contributed by atoms with Crippen molar-refractivity contribution in [2.75, 3.05) is 19.6 Å². The number of amides is 1. The van der Waals surface area contributed by atoms with E-state index in [4.69, 9.17) is 4.52 Å². The molecule has 5 rings (SSSR count). The molecule has 0 aliphatic carbocycles. The molecule has 0 radical (unpaired) electrons. The van der Waals surface area contributed by atoms with Gasteiger partial charge >= 0.3 is 0 Å². The molecule has 0 saturated carbocycles. The van der Waals surface area contributed by atoms with Gasteiger partial charge in [0.05, 0.1) is 6.54 Å². The molecule has 2 aromatic heterocycles. The van der Waals surface area contributed by atoms with E-state index >= 15 is 0 Å². The molecule has 3 aromatic rings. The number of nitrogens with zero attached hydrogens (tertiary/aromatic N) is 5. The fourth-order valence-corrected chi connectivity index (χ4v) is 4.08. The fourth-order valence-electron chi connectivity index (χ4n) is 4.08. The number of fused-ring (bicyclic) bond motifs is 1. The Balaban J connectivity index is 1.33. The first-order chi connectivity index (χ1) is 14.2. The number of nitrogens with one attached hydrogen (secondary N) is 1. The molecule has 0 bridgehead atoms. The summed E-state index contributed by atoms with van der Waals surface area (Å²) in [7, 11) is 0. The largest absolute Gasteiger partial charge is 0.350 e. The SMILES string of the molecule is O=C(c1cc(-c2ccc(F)cc2)no1)N1CCC[C@@H](c2nnc3n2CCNC3)C1. The summed E-state index contributed by atoms with van der Waals surface area (Å²) in [6.07, 6.45) is 1.88. The van der Waals surface area contributed by atoms with E-state index in [2.05, 4.69) is 25.2 Å². The number of benzene rings is 1. The average molecular weight is 396 g/mol. The van der Waals surface area contributed by atoms with E-state index < -0.39 is 0 Å². The minimum Gasteiger partial charge on any atom is -0.350 e. The number of halogens is 1. The number of carbonyl (C=O) groups is 1. The van der Waals surface area contributed by atoms with Gasteiger partial charge in [-0.15, -0.1) is 10.2 Å². The number of rotatable bonds is 3. The zero-order valence-corrected chi connectivity index (χ0v) is 15.8. The third kappa shape index (κ3) is 3.42. The monoisotopic (exact) mass is 396 g/mol. The number of hydrogen-bond acceptors (Lipinski definition) is 6. The third-order valence-electron chi connectivity index (χ3n) is 5.59. The van der Waals surface area contributed by atoms with Crippen molar-refractivity contribution in [3.05, 3.63) is 53.6 Å². The zero-order valence-electron chi connectivity index (χ0n) is 15.8. The van der Waals surface area contributed by atoms with E-state index in [9.17, 15) is 9.18 Å². The number of carbonyl (C=O) groups excluding carboxylic acids is 1. The van der Waals surface area contributed by atoms with Gasteiger partial charge in [-0.1, -0.05) is 5.16 Å². The van der Waals surface area contributed by atoms with Crippen LogP contribution < -0.4 is 5.32 Å². The molecule has 8 nitrogen and oxygen atoms in total. The van der Waals surface area contributed by atoms with Crippen molar-refractivity contribution in [3.8, 4) is 11.3 Å². The third-order valence-corrected chi connectivity index (χ3v) is 5.59. The first-order valence-corrected chi connectivity index (χ1v) is 9.83. The Morgan fingerprint density at radius 2 is 2.07 bits per heavy atom. The topological polar surface area (TPSA) is 89.1 Å². The number of likely N-dealkylation sites (tertiary alicyclic amines) is 1. The van der Waals surface area contributed by atoms with Crippen LogP contribution >= 0.6 is 0 Å². The van der Waals surface area contributed by atoms with Crippen molar-refractivity contribution in [1.29, 1.82) is 0 Å². The standard InChI is InChI=1S/C20H21FN6O2/c21-15-5-3-13(4-6-15)16-10-17(29-25-16)20(28)26-8-1-2-14(12-26)19-24-23-18-11-22-7-9-27(18)19/h3-6,10,14,22H,1-2,7-9,11-12H2/t14-/m1/s1. The Kier molecular flexibility index (Phi) is 4.59. The molecule has 2 aliphatic rings. The second-order valence-corrected chi connectivity index (χ2v) is 7.48.